The van der Waals surface area contributed by atoms with E-state index in [0.717, 1.165) is 33.9 Å². The van der Waals surface area contributed by atoms with Gasteiger partial charge in [-0.1, -0.05) is 12.1 Å². The van der Waals surface area contributed by atoms with Crippen LogP contribution in [0.4, 0.5) is 0 Å². The summed E-state index contributed by atoms with van der Waals surface area (Å²) in [6, 6.07) is 20.8. The van der Waals surface area contributed by atoms with Crippen LogP contribution in [0.15, 0.2) is 97.8 Å². The number of aromatic amines is 3. The van der Waals surface area contributed by atoms with E-state index in [1.807, 2.05) is 49.1 Å². The van der Waals surface area contributed by atoms with Crippen LogP contribution in [0.25, 0.3) is 0 Å². The van der Waals surface area contributed by atoms with Gasteiger partial charge in [0.25, 0.3) is 0 Å². The summed E-state index contributed by atoms with van der Waals surface area (Å²) in [5.74, 6) is 0.122. The van der Waals surface area contributed by atoms with Crippen molar-refractivity contribution in [1.29, 1.82) is 0 Å². The monoisotopic (exact) mass is 379 g/mol. The third kappa shape index (κ3) is 3.38. The Labute approximate surface area is 168 Å². The quantitative estimate of drug-likeness (QED) is 0.396. The van der Waals surface area contributed by atoms with Gasteiger partial charge in [0, 0.05) is 60.0 Å². The molecule has 29 heavy (non-hydrogen) atoms. The number of nitrogens with one attached hydrogen (secondary N) is 3. The molecule has 5 heteroatoms. The van der Waals surface area contributed by atoms with Crippen molar-refractivity contribution in [3.8, 4) is 0 Å². The van der Waals surface area contributed by atoms with Gasteiger partial charge in [0.2, 0.25) is 0 Å². The first-order valence-electron chi connectivity index (χ1n) is 9.65. The van der Waals surface area contributed by atoms with E-state index in [9.17, 15) is 0 Å². The molecule has 0 aliphatic rings. The molecule has 5 aromatic heterocycles. The molecule has 3 N–H and O–H groups in total. The Morgan fingerprint density at radius 2 is 1.07 bits per heavy atom. The van der Waals surface area contributed by atoms with Crippen LogP contribution in [0.3, 0.4) is 0 Å². The minimum absolute atomic E-state index is 0.0608. The number of pyridine rings is 2. The van der Waals surface area contributed by atoms with Crippen molar-refractivity contribution >= 4 is 0 Å². The standard InChI is InChI=1S/C24H21N5/c1-5-17(15-25-11-1)23(19-7-3-13-27-19)21-9-10-22(29-21)24(20-8-4-14-28-20)18-6-2-12-26-16-18/h1-16,23-24,27-29H. The van der Waals surface area contributed by atoms with Crippen LogP contribution >= 0.6 is 0 Å². The molecule has 0 radical (unpaired) electrons. The SMILES string of the molecule is c1cncc(C(c2ccc[nH]2)c2ccc(C(c3cccnc3)c3ccc[nH]3)[nH]2)c1. The van der Waals surface area contributed by atoms with Crippen molar-refractivity contribution in [3.05, 3.63) is 132 Å². The van der Waals surface area contributed by atoms with Crippen LogP contribution in [0.2, 0.25) is 0 Å². The number of hydrogen-bond donors (Lipinski definition) is 3. The fourth-order valence-electron chi connectivity index (χ4n) is 3.96. The maximum Gasteiger partial charge on any atom is 0.0656 e. The van der Waals surface area contributed by atoms with Gasteiger partial charge in [-0.15, -0.1) is 0 Å². The fourth-order valence-corrected chi connectivity index (χ4v) is 3.96. The summed E-state index contributed by atoms with van der Waals surface area (Å²) >= 11 is 0. The highest BCUT2D eigenvalue weighted by Gasteiger charge is 2.23. The first-order valence-corrected chi connectivity index (χ1v) is 9.65. The largest absolute Gasteiger partial charge is 0.364 e. The minimum Gasteiger partial charge on any atom is -0.364 e. The number of nitrogens with zero attached hydrogens (tertiary/aromatic N) is 2. The van der Waals surface area contributed by atoms with Gasteiger partial charge in [-0.2, -0.15) is 0 Å². The summed E-state index contributed by atoms with van der Waals surface area (Å²) < 4.78 is 0. The predicted molar refractivity (Wildman–Crippen MR) is 113 cm³/mol. The average molecular weight is 379 g/mol. The molecule has 0 aliphatic heterocycles. The summed E-state index contributed by atoms with van der Waals surface area (Å²) in [5.41, 5.74) is 6.78. The minimum atomic E-state index is 0.0608. The molecule has 0 fully saturated rings. The highest BCUT2D eigenvalue weighted by Crippen LogP contribution is 2.34. The molecule has 5 nitrogen and oxygen atoms in total. The van der Waals surface area contributed by atoms with Crippen LogP contribution < -0.4 is 0 Å². The Morgan fingerprint density at radius 1 is 0.552 bits per heavy atom. The molecule has 0 bridgehead atoms. The van der Waals surface area contributed by atoms with Gasteiger partial charge in [0.15, 0.2) is 0 Å². The molecule has 2 unspecified atom stereocenters. The van der Waals surface area contributed by atoms with Gasteiger partial charge >= 0.3 is 0 Å². The first kappa shape index (κ1) is 17.3. The lowest BCUT2D eigenvalue weighted by Gasteiger charge is -2.17. The van der Waals surface area contributed by atoms with Gasteiger partial charge in [-0.3, -0.25) is 9.97 Å². The molecule has 0 aliphatic carbocycles. The summed E-state index contributed by atoms with van der Waals surface area (Å²) in [6.45, 7) is 0. The summed E-state index contributed by atoms with van der Waals surface area (Å²) in [4.78, 5) is 19.1. The van der Waals surface area contributed by atoms with E-state index in [2.05, 4.69) is 61.3 Å². The van der Waals surface area contributed by atoms with Gasteiger partial charge in [-0.05, 0) is 59.7 Å². The second kappa shape index (κ2) is 7.64. The van der Waals surface area contributed by atoms with Crippen LogP contribution in [-0.4, -0.2) is 24.9 Å². The molecular formula is C24H21N5. The zero-order valence-electron chi connectivity index (χ0n) is 15.8. The van der Waals surface area contributed by atoms with Crippen molar-refractivity contribution in [3.63, 3.8) is 0 Å². The normalized spacial score (nSPS) is 13.2. The van der Waals surface area contributed by atoms with Crippen LogP contribution in [-0.2, 0) is 0 Å². The van der Waals surface area contributed by atoms with Crippen molar-refractivity contribution in [2.24, 2.45) is 0 Å². The number of H-pyrrole nitrogens is 3. The lowest BCUT2D eigenvalue weighted by atomic mass is 9.94. The summed E-state index contributed by atoms with van der Waals surface area (Å²) in [6.07, 6.45) is 11.4. The van der Waals surface area contributed by atoms with E-state index in [-0.39, 0.29) is 11.8 Å². The molecule has 0 amide bonds. The molecule has 2 atom stereocenters. The highest BCUT2D eigenvalue weighted by molar-refractivity contribution is 5.42. The third-order valence-corrected chi connectivity index (χ3v) is 5.25. The molecule has 0 saturated carbocycles. The first-order chi connectivity index (χ1) is 14.4. The molecular weight excluding hydrogens is 358 g/mol. The Hall–Kier alpha value is -3.86. The van der Waals surface area contributed by atoms with Gasteiger partial charge < -0.3 is 15.0 Å². The molecule has 0 saturated heterocycles. The number of aromatic nitrogens is 5. The number of rotatable bonds is 6. The van der Waals surface area contributed by atoms with Crippen molar-refractivity contribution < 1.29 is 0 Å². The third-order valence-electron chi connectivity index (χ3n) is 5.25. The second-order valence-corrected chi connectivity index (χ2v) is 7.06. The fraction of sp³-hybridized carbons (Fsp3) is 0.0833. The van der Waals surface area contributed by atoms with Crippen molar-refractivity contribution in [2.75, 3.05) is 0 Å². The summed E-state index contributed by atoms with van der Waals surface area (Å²) in [7, 11) is 0. The molecule has 0 spiro atoms. The van der Waals surface area contributed by atoms with Crippen LogP contribution in [0, 0.1) is 0 Å². The molecule has 142 valence electrons. The Morgan fingerprint density at radius 3 is 1.45 bits per heavy atom. The van der Waals surface area contributed by atoms with Crippen molar-refractivity contribution in [2.45, 2.75) is 11.8 Å². The van der Waals surface area contributed by atoms with E-state index in [4.69, 9.17) is 0 Å². The lowest BCUT2D eigenvalue weighted by molar-refractivity contribution is 0.845. The maximum absolute atomic E-state index is 4.33. The van der Waals surface area contributed by atoms with E-state index < -0.39 is 0 Å². The Kier molecular flexibility index (Phi) is 4.54. The van der Waals surface area contributed by atoms with Crippen LogP contribution in [0.1, 0.15) is 45.7 Å². The van der Waals surface area contributed by atoms with Gasteiger partial charge in [0.05, 0.1) is 11.8 Å². The highest BCUT2D eigenvalue weighted by atomic mass is 14.8. The molecule has 5 heterocycles. The van der Waals surface area contributed by atoms with Gasteiger partial charge in [0.1, 0.15) is 0 Å². The average Bonchev–Trinajstić information content (AvgIpc) is 3.54. The predicted octanol–water partition coefficient (Wildman–Crippen LogP) is 4.82. The van der Waals surface area contributed by atoms with E-state index >= 15 is 0 Å². The maximum atomic E-state index is 4.33. The van der Waals surface area contributed by atoms with Crippen molar-refractivity contribution in [1.82, 2.24) is 24.9 Å². The lowest BCUT2D eigenvalue weighted by Crippen LogP contribution is -2.07. The Bertz CT molecular complexity index is 1050. The van der Waals surface area contributed by atoms with Crippen LogP contribution in [0.5, 0.6) is 0 Å². The van der Waals surface area contributed by atoms with Gasteiger partial charge in [-0.25, -0.2) is 0 Å². The summed E-state index contributed by atoms with van der Waals surface area (Å²) in [5, 5.41) is 0. The van der Waals surface area contributed by atoms with E-state index in [1.165, 1.54) is 0 Å². The van der Waals surface area contributed by atoms with E-state index in [1.54, 1.807) is 12.4 Å². The smallest absolute Gasteiger partial charge is 0.0656 e. The zero-order valence-corrected chi connectivity index (χ0v) is 15.8. The van der Waals surface area contributed by atoms with E-state index in [0.29, 0.717) is 0 Å². The molecule has 5 rings (SSSR count). The zero-order chi connectivity index (χ0) is 19.5. The molecule has 0 aromatic carbocycles. The number of hydrogen-bond acceptors (Lipinski definition) is 2. The molecule has 5 aromatic rings. The Balaban J connectivity index is 1.59. The second-order valence-electron chi connectivity index (χ2n) is 7.06. The topological polar surface area (TPSA) is 73.2 Å².